The van der Waals surface area contributed by atoms with Crippen LogP contribution in [0.1, 0.15) is 22.6 Å². The molecule has 0 bridgehead atoms. The lowest BCUT2D eigenvalue weighted by Gasteiger charge is -2.17. The quantitative estimate of drug-likeness (QED) is 0.531. The highest BCUT2D eigenvalue weighted by atomic mass is 32.2. The number of hydrogen-bond donors (Lipinski definition) is 0. The first-order valence-corrected chi connectivity index (χ1v) is 8.94. The normalized spacial score (nSPS) is 10.6. The number of carbonyl (C=O) groups excluding carboxylic acids is 1. The van der Waals surface area contributed by atoms with E-state index in [1.807, 2.05) is 0 Å². The zero-order valence-electron chi connectivity index (χ0n) is 15.1. The van der Waals surface area contributed by atoms with Gasteiger partial charge in [0.1, 0.15) is 28.2 Å². The average molecular weight is 392 g/mol. The zero-order valence-corrected chi connectivity index (χ0v) is 15.9. The second-order valence-electron chi connectivity index (χ2n) is 5.71. The van der Waals surface area contributed by atoms with E-state index in [-0.39, 0.29) is 17.4 Å². The number of thioether (sulfide) groups is 1. The topological polar surface area (TPSA) is 79.1 Å². The van der Waals surface area contributed by atoms with Crippen LogP contribution in [0, 0.1) is 25.2 Å². The SMILES string of the molecule is Cc1nc(C)c(C#N)c(SCC(=O)N(C)Cc2ccc(OC(F)F)cc2)n1. The summed E-state index contributed by atoms with van der Waals surface area (Å²) in [7, 11) is 1.65. The molecule has 1 amide bonds. The Morgan fingerprint density at radius 3 is 2.56 bits per heavy atom. The number of amides is 1. The molecule has 0 N–H and O–H groups in total. The van der Waals surface area contributed by atoms with Gasteiger partial charge in [0, 0.05) is 13.6 Å². The molecule has 0 spiro atoms. The molecule has 0 aliphatic heterocycles. The third-order valence-electron chi connectivity index (χ3n) is 3.61. The van der Waals surface area contributed by atoms with Crippen molar-refractivity contribution < 1.29 is 18.3 Å². The van der Waals surface area contributed by atoms with Crippen molar-refractivity contribution in [1.82, 2.24) is 14.9 Å². The van der Waals surface area contributed by atoms with Gasteiger partial charge in [0.15, 0.2) is 0 Å². The van der Waals surface area contributed by atoms with Crippen molar-refractivity contribution in [2.75, 3.05) is 12.8 Å². The summed E-state index contributed by atoms with van der Waals surface area (Å²) >= 11 is 1.19. The van der Waals surface area contributed by atoms with Crippen LogP contribution in [0.25, 0.3) is 0 Å². The minimum Gasteiger partial charge on any atom is -0.435 e. The van der Waals surface area contributed by atoms with Crippen molar-refractivity contribution in [3.05, 3.63) is 46.9 Å². The average Bonchev–Trinajstić information content (AvgIpc) is 2.60. The maximum Gasteiger partial charge on any atom is 0.387 e. The molecule has 142 valence electrons. The minimum absolute atomic E-state index is 0.0665. The van der Waals surface area contributed by atoms with Crippen LogP contribution in [0.3, 0.4) is 0 Å². The summed E-state index contributed by atoms with van der Waals surface area (Å²) in [6, 6.07) is 8.18. The van der Waals surface area contributed by atoms with Crippen LogP contribution in [0.4, 0.5) is 8.78 Å². The molecule has 0 saturated heterocycles. The van der Waals surface area contributed by atoms with E-state index in [2.05, 4.69) is 20.8 Å². The van der Waals surface area contributed by atoms with Crippen molar-refractivity contribution in [1.29, 1.82) is 5.26 Å². The maximum absolute atomic E-state index is 12.4. The molecule has 1 aromatic carbocycles. The largest absolute Gasteiger partial charge is 0.435 e. The van der Waals surface area contributed by atoms with Gasteiger partial charge in [-0.1, -0.05) is 23.9 Å². The first-order valence-electron chi connectivity index (χ1n) is 7.96. The Morgan fingerprint density at radius 2 is 1.96 bits per heavy atom. The van der Waals surface area contributed by atoms with Crippen LogP contribution < -0.4 is 4.74 Å². The smallest absolute Gasteiger partial charge is 0.387 e. The molecule has 0 saturated carbocycles. The molecule has 2 aromatic rings. The number of ether oxygens (including phenoxy) is 1. The number of nitrogens with zero attached hydrogens (tertiary/aromatic N) is 4. The number of rotatable bonds is 7. The summed E-state index contributed by atoms with van der Waals surface area (Å²) in [5.74, 6) is 0.580. The van der Waals surface area contributed by atoms with E-state index < -0.39 is 6.61 Å². The first-order chi connectivity index (χ1) is 12.8. The highest BCUT2D eigenvalue weighted by Crippen LogP contribution is 2.22. The van der Waals surface area contributed by atoms with Crippen molar-refractivity contribution in [2.45, 2.75) is 32.0 Å². The minimum atomic E-state index is -2.87. The molecule has 6 nitrogen and oxygen atoms in total. The fourth-order valence-electron chi connectivity index (χ4n) is 2.29. The lowest BCUT2D eigenvalue weighted by Crippen LogP contribution is -2.27. The van der Waals surface area contributed by atoms with Gasteiger partial charge < -0.3 is 9.64 Å². The van der Waals surface area contributed by atoms with E-state index in [1.165, 1.54) is 28.8 Å². The van der Waals surface area contributed by atoms with Gasteiger partial charge in [-0.15, -0.1) is 0 Å². The molecule has 2 rings (SSSR count). The van der Waals surface area contributed by atoms with Crippen molar-refractivity contribution in [2.24, 2.45) is 0 Å². The highest BCUT2D eigenvalue weighted by Gasteiger charge is 2.15. The number of aryl methyl sites for hydroxylation is 2. The summed E-state index contributed by atoms with van der Waals surface area (Å²) in [6.07, 6.45) is 0. The monoisotopic (exact) mass is 392 g/mol. The molecule has 0 unspecified atom stereocenters. The third kappa shape index (κ3) is 5.89. The van der Waals surface area contributed by atoms with Crippen LogP contribution in [0.15, 0.2) is 29.3 Å². The Labute approximate surface area is 160 Å². The van der Waals surface area contributed by atoms with Crippen LogP contribution >= 0.6 is 11.8 Å². The lowest BCUT2D eigenvalue weighted by atomic mass is 10.2. The number of alkyl halides is 2. The summed E-state index contributed by atoms with van der Waals surface area (Å²) in [6.45, 7) is 0.908. The predicted molar refractivity (Wildman–Crippen MR) is 96.5 cm³/mol. The molecule has 27 heavy (non-hydrogen) atoms. The van der Waals surface area contributed by atoms with Gasteiger partial charge in [0.05, 0.1) is 11.4 Å². The molecule has 0 aliphatic rings. The van der Waals surface area contributed by atoms with Crippen LogP contribution in [0.5, 0.6) is 5.75 Å². The van der Waals surface area contributed by atoms with Gasteiger partial charge in [0.25, 0.3) is 0 Å². The van der Waals surface area contributed by atoms with Crippen molar-refractivity contribution in [3.63, 3.8) is 0 Å². The Bertz CT molecular complexity index is 854. The van der Waals surface area contributed by atoms with Gasteiger partial charge in [-0.05, 0) is 31.5 Å². The molecule has 0 radical (unpaired) electrons. The number of nitriles is 1. The second kappa shape index (κ2) is 9.28. The van der Waals surface area contributed by atoms with Crippen molar-refractivity contribution >= 4 is 17.7 Å². The number of benzene rings is 1. The van der Waals surface area contributed by atoms with E-state index in [4.69, 9.17) is 0 Å². The van der Waals surface area contributed by atoms with E-state index in [0.717, 1.165) is 5.56 Å². The number of aromatic nitrogens is 2. The Hall–Kier alpha value is -2.73. The van der Waals surface area contributed by atoms with Crippen LogP contribution in [0.2, 0.25) is 0 Å². The molecular weight excluding hydrogens is 374 g/mol. The summed E-state index contributed by atoms with van der Waals surface area (Å²) in [5, 5.41) is 9.72. The fourth-order valence-corrected chi connectivity index (χ4v) is 3.31. The van der Waals surface area contributed by atoms with E-state index in [1.54, 1.807) is 33.0 Å². The van der Waals surface area contributed by atoms with Crippen molar-refractivity contribution in [3.8, 4) is 11.8 Å². The standard InChI is InChI=1S/C18H18F2N4O2S/c1-11-15(8-21)17(23-12(2)22-11)27-10-16(25)24(3)9-13-4-6-14(7-5-13)26-18(19)20/h4-7,18H,9-10H2,1-3H3. The summed E-state index contributed by atoms with van der Waals surface area (Å²) in [4.78, 5) is 22.3. The van der Waals surface area contributed by atoms with E-state index in [0.29, 0.717) is 28.7 Å². The summed E-state index contributed by atoms with van der Waals surface area (Å²) in [5.41, 5.74) is 1.74. The number of carbonyl (C=O) groups is 1. The molecule has 0 atom stereocenters. The molecule has 1 heterocycles. The van der Waals surface area contributed by atoms with Crippen LogP contribution in [-0.2, 0) is 11.3 Å². The van der Waals surface area contributed by atoms with Crippen LogP contribution in [-0.4, -0.2) is 40.2 Å². The van der Waals surface area contributed by atoms with E-state index in [9.17, 15) is 18.8 Å². The van der Waals surface area contributed by atoms with E-state index >= 15 is 0 Å². The Balaban J connectivity index is 1.96. The highest BCUT2D eigenvalue weighted by molar-refractivity contribution is 8.00. The van der Waals surface area contributed by atoms with Gasteiger partial charge >= 0.3 is 6.61 Å². The predicted octanol–water partition coefficient (Wildman–Crippen LogP) is 3.32. The maximum atomic E-state index is 12.4. The zero-order chi connectivity index (χ0) is 20.0. The Kier molecular flexibility index (Phi) is 7.07. The molecule has 1 aromatic heterocycles. The van der Waals surface area contributed by atoms with Gasteiger partial charge in [-0.2, -0.15) is 14.0 Å². The third-order valence-corrected chi connectivity index (χ3v) is 4.57. The number of hydrogen-bond acceptors (Lipinski definition) is 6. The Morgan fingerprint density at radius 1 is 1.30 bits per heavy atom. The lowest BCUT2D eigenvalue weighted by molar-refractivity contribution is -0.127. The fraction of sp³-hybridized carbons (Fsp3) is 0.333. The first kappa shape index (κ1) is 20.6. The number of halogens is 2. The van der Waals surface area contributed by atoms with Gasteiger partial charge in [-0.3, -0.25) is 4.79 Å². The second-order valence-corrected chi connectivity index (χ2v) is 6.67. The molecular formula is C18H18F2N4O2S. The molecule has 0 aliphatic carbocycles. The van der Waals surface area contributed by atoms with Gasteiger partial charge in [-0.25, -0.2) is 9.97 Å². The summed E-state index contributed by atoms with van der Waals surface area (Å²) < 4.78 is 28.6. The van der Waals surface area contributed by atoms with Gasteiger partial charge in [0.2, 0.25) is 5.91 Å². The molecule has 0 fully saturated rings. The molecule has 9 heteroatoms.